The average molecular weight is 285 g/mol. The van der Waals surface area contributed by atoms with Crippen LogP contribution in [-0.2, 0) is 0 Å². The number of hydrogen-bond acceptors (Lipinski definition) is 2. The molecule has 3 nitrogen and oxygen atoms in total. The normalized spacial score (nSPS) is 11.2. The van der Waals surface area contributed by atoms with Gasteiger partial charge in [-0.15, -0.1) is 0 Å². The summed E-state index contributed by atoms with van der Waals surface area (Å²) in [4.78, 5) is 12.4. The molecule has 0 aliphatic rings. The van der Waals surface area contributed by atoms with Crippen molar-refractivity contribution in [3.63, 3.8) is 0 Å². The largest absolute Gasteiger partial charge is 0.459 e. The van der Waals surface area contributed by atoms with Gasteiger partial charge in [0.15, 0.2) is 5.76 Å². The standard InChI is InChI=1S/C18H23NO2/c1-11(2)14-7-6-8-15(12(3)4)16(14)19-18(20)17-13(5)9-10-21-17/h6-12H,1-5H3,(H,19,20). The molecule has 1 aromatic heterocycles. The molecule has 2 aromatic rings. The number of anilines is 1. The Balaban J connectivity index is 2.42. The molecule has 1 heterocycles. The Kier molecular flexibility index (Phi) is 4.51. The average Bonchev–Trinajstić information content (AvgIpc) is 2.84. The second-order valence-electron chi connectivity index (χ2n) is 6.01. The molecule has 0 fully saturated rings. The molecule has 0 radical (unpaired) electrons. The number of carbonyl (C=O) groups excluding carboxylic acids is 1. The zero-order chi connectivity index (χ0) is 15.6. The van der Waals surface area contributed by atoms with Crippen molar-refractivity contribution < 1.29 is 9.21 Å². The van der Waals surface area contributed by atoms with Gasteiger partial charge in [-0.1, -0.05) is 45.9 Å². The van der Waals surface area contributed by atoms with Crippen LogP contribution in [0.4, 0.5) is 5.69 Å². The molecular weight excluding hydrogens is 262 g/mol. The van der Waals surface area contributed by atoms with Crippen LogP contribution in [0.1, 0.15) is 66.8 Å². The molecule has 2 rings (SSSR count). The number of hydrogen-bond donors (Lipinski definition) is 1. The van der Waals surface area contributed by atoms with Crippen LogP contribution in [0.3, 0.4) is 0 Å². The highest BCUT2D eigenvalue weighted by Gasteiger charge is 2.19. The van der Waals surface area contributed by atoms with Gasteiger partial charge in [0, 0.05) is 11.3 Å². The lowest BCUT2D eigenvalue weighted by molar-refractivity contribution is 0.0995. The first-order chi connectivity index (χ1) is 9.91. The third-order valence-corrected chi connectivity index (χ3v) is 3.68. The van der Waals surface area contributed by atoms with Gasteiger partial charge in [-0.05, 0) is 36.0 Å². The van der Waals surface area contributed by atoms with Crippen LogP contribution >= 0.6 is 0 Å². The van der Waals surface area contributed by atoms with Crippen LogP contribution in [0.5, 0.6) is 0 Å². The molecule has 1 aromatic carbocycles. The maximum Gasteiger partial charge on any atom is 0.291 e. The lowest BCUT2D eigenvalue weighted by Gasteiger charge is -2.19. The quantitative estimate of drug-likeness (QED) is 0.850. The number of benzene rings is 1. The van der Waals surface area contributed by atoms with Crippen molar-refractivity contribution >= 4 is 11.6 Å². The Labute approximate surface area is 126 Å². The van der Waals surface area contributed by atoms with E-state index in [1.165, 1.54) is 0 Å². The third-order valence-electron chi connectivity index (χ3n) is 3.68. The van der Waals surface area contributed by atoms with Crippen molar-refractivity contribution in [2.24, 2.45) is 0 Å². The second-order valence-corrected chi connectivity index (χ2v) is 6.01. The van der Waals surface area contributed by atoms with E-state index in [-0.39, 0.29) is 5.91 Å². The molecule has 1 amide bonds. The van der Waals surface area contributed by atoms with Gasteiger partial charge in [0.05, 0.1) is 6.26 Å². The molecule has 0 bridgehead atoms. The van der Waals surface area contributed by atoms with Crippen molar-refractivity contribution in [2.75, 3.05) is 5.32 Å². The van der Waals surface area contributed by atoms with E-state index in [1.54, 1.807) is 12.3 Å². The van der Waals surface area contributed by atoms with Gasteiger partial charge >= 0.3 is 0 Å². The lowest BCUT2D eigenvalue weighted by atomic mass is 9.92. The maximum absolute atomic E-state index is 12.4. The van der Waals surface area contributed by atoms with Crippen LogP contribution in [0, 0.1) is 6.92 Å². The van der Waals surface area contributed by atoms with Crippen molar-refractivity contribution in [1.82, 2.24) is 0 Å². The van der Waals surface area contributed by atoms with Crippen molar-refractivity contribution in [3.8, 4) is 0 Å². The predicted molar refractivity (Wildman–Crippen MR) is 86.0 cm³/mol. The van der Waals surface area contributed by atoms with Crippen LogP contribution in [0.25, 0.3) is 0 Å². The Morgan fingerprint density at radius 1 is 1.05 bits per heavy atom. The summed E-state index contributed by atoms with van der Waals surface area (Å²) in [6.07, 6.45) is 1.54. The predicted octanol–water partition coefficient (Wildman–Crippen LogP) is 5.09. The first-order valence-electron chi connectivity index (χ1n) is 7.40. The lowest BCUT2D eigenvalue weighted by Crippen LogP contribution is -2.16. The van der Waals surface area contributed by atoms with Gasteiger partial charge in [0.2, 0.25) is 0 Å². The number of furan rings is 1. The fraction of sp³-hybridized carbons (Fsp3) is 0.389. The van der Waals surface area contributed by atoms with Crippen LogP contribution in [-0.4, -0.2) is 5.91 Å². The highest BCUT2D eigenvalue weighted by Crippen LogP contribution is 2.32. The molecule has 0 saturated carbocycles. The number of nitrogens with one attached hydrogen (secondary N) is 1. The molecular formula is C18H23NO2. The number of aryl methyl sites for hydroxylation is 1. The minimum Gasteiger partial charge on any atom is -0.459 e. The summed E-state index contributed by atoms with van der Waals surface area (Å²) in [5.41, 5.74) is 4.07. The second kappa shape index (κ2) is 6.17. The summed E-state index contributed by atoms with van der Waals surface area (Å²) in [6, 6.07) is 7.99. The summed E-state index contributed by atoms with van der Waals surface area (Å²) in [5, 5.41) is 3.05. The van der Waals surface area contributed by atoms with Gasteiger partial charge in [-0.3, -0.25) is 4.79 Å². The summed E-state index contributed by atoms with van der Waals surface area (Å²) in [7, 11) is 0. The van der Waals surface area contributed by atoms with E-state index in [0.29, 0.717) is 17.6 Å². The first-order valence-corrected chi connectivity index (χ1v) is 7.40. The van der Waals surface area contributed by atoms with Crippen LogP contribution in [0.15, 0.2) is 34.9 Å². The molecule has 0 aliphatic heterocycles. The molecule has 0 atom stereocenters. The number of carbonyl (C=O) groups is 1. The van der Waals surface area contributed by atoms with Gasteiger partial charge in [-0.25, -0.2) is 0 Å². The van der Waals surface area contributed by atoms with Crippen LogP contribution in [0.2, 0.25) is 0 Å². The van der Waals surface area contributed by atoms with Gasteiger partial charge in [0.25, 0.3) is 5.91 Å². The van der Waals surface area contributed by atoms with Gasteiger partial charge in [0.1, 0.15) is 0 Å². The summed E-state index contributed by atoms with van der Waals surface area (Å²) in [6.45, 7) is 10.4. The smallest absolute Gasteiger partial charge is 0.291 e. The number of rotatable bonds is 4. The number of para-hydroxylation sites is 1. The molecule has 1 N–H and O–H groups in total. The summed E-state index contributed by atoms with van der Waals surface area (Å²) >= 11 is 0. The molecule has 0 saturated heterocycles. The minimum atomic E-state index is -0.188. The molecule has 0 unspecified atom stereocenters. The van der Waals surface area contributed by atoms with E-state index in [2.05, 4.69) is 51.2 Å². The highest BCUT2D eigenvalue weighted by molar-refractivity contribution is 6.04. The van der Waals surface area contributed by atoms with E-state index in [4.69, 9.17) is 4.42 Å². The van der Waals surface area contributed by atoms with E-state index >= 15 is 0 Å². The zero-order valence-electron chi connectivity index (χ0n) is 13.4. The summed E-state index contributed by atoms with van der Waals surface area (Å²) in [5.74, 6) is 0.879. The first kappa shape index (κ1) is 15.4. The van der Waals surface area contributed by atoms with Gasteiger partial charge < -0.3 is 9.73 Å². The van der Waals surface area contributed by atoms with E-state index in [0.717, 1.165) is 22.4 Å². The third kappa shape index (κ3) is 3.18. The summed E-state index contributed by atoms with van der Waals surface area (Å²) < 4.78 is 5.29. The minimum absolute atomic E-state index is 0.188. The van der Waals surface area contributed by atoms with Crippen molar-refractivity contribution in [3.05, 3.63) is 53.0 Å². The Morgan fingerprint density at radius 2 is 1.62 bits per heavy atom. The highest BCUT2D eigenvalue weighted by atomic mass is 16.3. The van der Waals surface area contributed by atoms with Crippen LogP contribution < -0.4 is 5.32 Å². The Morgan fingerprint density at radius 3 is 2.05 bits per heavy atom. The fourth-order valence-corrected chi connectivity index (χ4v) is 2.47. The molecule has 112 valence electrons. The molecule has 3 heteroatoms. The van der Waals surface area contributed by atoms with E-state index in [1.807, 2.05) is 6.92 Å². The van der Waals surface area contributed by atoms with E-state index < -0.39 is 0 Å². The Hall–Kier alpha value is -2.03. The fourth-order valence-electron chi connectivity index (χ4n) is 2.47. The van der Waals surface area contributed by atoms with Crippen molar-refractivity contribution in [2.45, 2.75) is 46.5 Å². The molecule has 21 heavy (non-hydrogen) atoms. The monoisotopic (exact) mass is 285 g/mol. The van der Waals surface area contributed by atoms with Gasteiger partial charge in [-0.2, -0.15) is 0 Å². The van der Waals surface area contributed by atoms with Crippen molar-refractivity contribution in [1.29, 1.82) is 0 Å². The zero-order valence-corrected chi connectivity index (χ0v) is 13.4. The number of amides is 1. The topological polar surface area (TPSA) is 42.2 Å². The SMILES string of the molecule is Cc1ccoc1C(=O)Nc1c(C(C)C)cccc1C(C)C. The van der Waals surface area contributed by atoms with E-state index in [9.17, 15) is 4.79 Å². The maximum atomic E-state index is 12.4. The molecule has 0 spiro atoms. The molecule has 0 aliphatic carbocycles. The Bertz CT molecular complexity index is 612.